The smallest absolute Gasteiger partial charge is 0.206 e. The second-order valence-electron chi connectivity index (χ2n) is 5.48. The minimum absolute atomic E-state index is 0.238. The molecule has 0 radical (unpaired) electrons. The number of rotatable bonds is 4. The molecule has 0 aliphatic heterocycles. The third kappa shape index (κ3) is 3.67. The first kappa shape index (κ1) is 15.9. The van der Waals surface area contributed by atoms with Crippen molar-refractivity contribution in [2.45, 2.75) is 26.2 Å². The normalized spacial score (nSPS) is 18.9. The van der Waals surface area contributed by atoms with Gasteiger partial charge in [0.25, 0.3) is 0 Å². The van der Waals surface area contributed by atoms with Gasteiger partial charge >= 0.3 is 0 Å². The molecule has 1 aliphatic carbocycles. The molecule has 0 bridgehead atoms. The summed E-state index contributed by atoms with van der Waals surface area (Å²) in [5.74, 6) is 0.202. The van der Waals surface area contributed by atoms with Gasteiger partial charge in [-0.2, -0.15) is 5.10 Å². The lowest BCUT2D eigenvalue weighted by Gasteiger charge is -2.12. The van der Waals surface area contributed by atoms with Gasteiger partial charge in [0.15, 0.2) is 0 Å². The number of aromatic nitrogens is 1. The van der Waals surface area contributed by atoms with Crippen LogP contribution in [0.4, 0.5) is 4.39 Å². The fraction of sp³-hybridized carbons (Fsp3) is 0.333. The quantitative estimate of drug-likeness (QED) is 0.585. The Labute approximate surface area is 139 Å². The number of hydrogen-bond donors (Lipinski definition) is 0. The molecule has 0 saturated heterocycles. The number of halogens is 1. The van der Waals surface area contributed by atoms with Crippen LogP contribution < -0.4 is 4.80 Å². The highest BCUT2D eigenvalue weighted by Crippen LogP contribution is 2.23. The predicted molar refractivity (Wildman–Crippen MR) is 94.2 cm³/mol. The molecule has 0 N–H and O–H groups in total. The van der Waals surface area contributed by atoms with E-state index in [-0.39, 0.29) is 5.82 Å². The highest BCUT2D eigenvalue weighted by molar-refractivity contribution is 7.07. The Morgan fingerprint density at radius 2 is 2.22 bits per heavy atom. The zero-order valence-electron chi connectivity index (χ0n) is 13.2. The standard InChI is InChI=1S/C18H20FN3S/c1-2-20-18-22(21-12-14-8-4-3-5-9-14)17(13-23-18)15-10-6-7-11-16(15)19/h3-4,6-7,10-14H,2,5,8-9H2,1H3. The van der Waals surface area contributed by atoms with Crippen molar-refractivity contribution in [3.8, 4) is 11.3 Å². The fourth-order valence-electron chi connectivity index (χ4n) is 2.62. The summed E-state index contributed by atoms with van der Waals surface area (Å²) >= 11 is 1.49. The summed E-state index contributed by atoms with van der Waals surface area (Å²) in [7, 11) is 0. The molecule has 23 heavy (non-hydrogen) atoms. The number of thiazole rings is 1. The lowest BCUT2D eigenvalue weighted by Crippen LogP contribution is -2.14. The molecule has 3 rings (SSSR count). The van der Waals surface area contributed by atoms with Crippen LogP contribution in [0.25, 0.3) is 11.3 Å². The molecule has 120 valence electrons. The molecule has 5 heteroatoms. The van der Waals surface area contributed by atoms with Gasteiger partial charge < -0.3 is 0 Å². The van der Waals surface area contributed by atoms with Crippen molar-refractivity contribution in [1.82, 2.24) is 4.68 Å². The summed E-state index contributed by atoms with van der Waals surface area (Å²) in [4.78, 5) is 5.28. The molecule has 2 aromatic rings. The van der Waals surface area contributed by atoms with Crippen LogP contribution in [0.3, 0.4) is 0 Å². The largest absolute Gasteiger partial charge is 0.258 e. The van der Waals surface area contributed by atoms with Crippen molar-refractivity contribution < 1.29 is 4.39 Å². The van der Waals surface area contributed by atoms with Crippen molar-refractivity contribution in [2.75, 3.05) is 6.54 Å². The van der Waals surface area contributed by atoms with E-state index >= 15 is 0 Å². The molecule has 3 nitrogen and oxygen atoms in total. The first-order chi connectivity index (χ1) is 11.3. The van der Waals surface area contributed by atoms with E-state index in [0.29, 0.717) is 18.0 Å². The van der Waals surface area contributed by atoms with Crippen molar-refractivity contribution in [2.24, 2.45) is 16.0 Å². The molecule has 1 aromatic carbocycles. The SMILES string of the molecule is CCN=c1scc(-c2ccccc2F)n1N=CC1CC=CCC1. The van der Waals surface area contributed by atoms with Gasteiger partial charge in [0.1, 0.15) is 5.82 Å². The molecule has 1 aliphatic rings. The molecule has 0 spiro atoms. The highest BCUT2D eigenvalue weighted by Gasteiger charge is 2.12. The Morgan fingerprint density at radius 1 is 1.35 bits per heavy atom. The first-order valence-electron chi connectivity index (χ1n) is 7.95. The van der Waals surface area contributed by atoms with Crippen LogP contribution in [0.1, 0.15) is 26.2 Å². The Morgan fingerprint density at radius 3 is 2.96 bits per heavy atom. The van der Waals surface area contributed by atoms with Crippen LogP contribution in [0.5, 0.6) is 0 Å². The summed E-state index contributed by atoms with van der Waals surface area (Å²) in [6.07, 6.45) is 9.62. The van der Waals surface area contributed by atoms with Crippen LogP contribution in [0.15, 0.2) is 51.9 Å². The molecular weight excluding hydrogens is 309 g/mol. The molecule has 1 atom stereocenters. The van der Waals surface area contributed by atoms with Crippen LogP contribution in [0.2, 0.25) is 0 Å². The molecule has 0 fully saturated rings. The number of allylic oxidation sites excluding steroid dienone is 2. The maximum atomic E-state index is 14.1. The van der Waals surface area contributed by atoms with Gasteiger partial charge in [0.2, 0.25) is 4.80 Å². The van der Waals surface area contributed by atoms with E-state index < -0.39 is 0 Å². The second kappa shape index (κ2) is 7.51. The van der Waals surface area contributed by atoms with Gasteiger partial charge in [-0.1, -0.05) is 24.3 Å². The molecule has 1 heterocycles. The maximum absolute atomic E-state index is 14.1. The van der Waals surface area contributed by atoms with E-state index in [0.717, 1.165) is 29.8 Å². The zero-order valence-corrected chi connectivity index (χ0v) is 14.0. The van der Waals surface area contributed by atoms with Crippen molar-refractivity contribution in [3.05, 3.63) is 52.4 Å². The van der Waals surface area contributed by atoms with E-state index in [2.05, 4.69) is 22.2 Å². The van der Waals surface area contributed by atoms with E-state index in [9.17, 15) is 4.39 Å². The van der Waals surface area contributed by atoms with Gasteiger partial charge in [-0.3, -0.25) is 4.99 Å². The summed E-state index contributed by atoms with van der Waals surface area (Å²) in [6.45, 7) is 2.67. The van der Waals surface area contributed by atoms with Crippen molar-refractivity contribution in [3.63, 3.8) is 0 Å². The summed E-state index contributed by atoms with van der Waals surface area (Å²) < 4.78 is 15.9. The second-order valence-corrected chi connectivity index (χ2v) is 6.32. The van der Waals surface area contributed by atoms with Gasteiger partial charge in [-0.05, 0) is 44.2 Å². The monoisotopic (exact) mass is 329 g/mol. The highest BCUT2D eigenvalue weighted by atomic mass is 32.1. The summed E-state index contributed by atoms with van der Waals surface area (Å²) in [5.41, 5.74) is 1.31. The van der Waals surface area contributed by atoms with E-state index in [1.807, 2.05) is 24.6 Å². The molecule has 1 unspecified atom stereocenters. The lowest BCUT2D eigenvalue weighted by molar-refractivity contribution is 0.619. The van der Waals surface area contributed by atoms with Gasteiger partial charge in [-0.15, -0.1) is 11.3 Å². The van der Waals surface area contributed by atoms with Crippen LogP contribution in [-0.4, -0.2) is 17.4 Å². The van der Waals surface area contributed by atoms with Gasteiger partial charge in [0, 0.05) is 23.7 Å². The first-order valence-corrected chi connectivity index (χ1v) is 8.83. The number of nitrogens with zero attached hydrogens (tertiary/aromatic N) is 3. The third-order valence-corrected chi connectivity index (χ3v) is 4.69. The minimum atomic E-state index is -0.238. The van der Waals surface area contributed by atoms with Crippen LogP contribution in [0, 0.1) is 11.7 Å². The number of benzene rings is 1. The average Bonchev–Trinajstić information content (AvgIpc) is 2.97. The summed E-state index contributed by atoms with van der Waals surface area (Å²) in [5, 5.41) is 6.56. The van der Waals surface area contributed by atoms with Crippen molar-refractivity contribution >= 4 is 17.6 Å². The lowest BCUT2D eigenvalue weighted by atomic mass is 9.96. The third-order valence-electron chi connectivity index (χ3n) is 3.83. The predicted octanol–water partition coefficient (Wildman–Crippen LogP) is 4.47. The van der Waals surface area contributed by atoms with E-state index in [4.69, 9.17) is 0 Å². The fourth-order valence-corrected chi connectivity index (χ4v) is 3.52. The van der Waals surface area contributed by atoms with E-state index in [1.165, 1.54) is 17.4 Å². The van der Waals surface area contributed by atoms with Crippen molar-refractivity contribution in [1.29, 1.82) is 0 Å². The Hall–Kier alpha value is -2.01. The molecule has 0 saturated carbocycles. The molecule has 0 amide bonds. The molecular formula is C18H20FN3S. The Kier molecular flexibility index (Phi) is 5.18. The van der Waals surface area contributed by atoms with Crippen LogP contribution in [-0.2, 0) is 0 Å². The maximum Gasteiger partial charge on any atom is 0.206 e. The van der Waals surface area contributed by atoms with Gasteiger partial charge in [0.05, 0.1) is 5.69 Å². The Bertz CT molecular complexity index is 786. The number of hydrogen-bond acceptors (Lipinski definition) is 3. The van der Waals surface area contributed by atoms with E-state index in [1.54, 1.807) is 16.8 Å². The van der Waals surface area contributed by atoms with Crippen LogP contribution >= 0.6 is 11.3 Å². The average molecular weight is 329 g/mol. The topological polar surface area (TPSA) is 29.6 Å². The minimum Gasteiger partial charge on any atom is -0.258 e. The zero-order chi connectivity index (χ0) is 16.1. The molecule has 1 aromatic heterocycles. The van der Waals surface area contributed by atoms with Gasteiger partial charge in [-0.25, -0.2) is 9.07 Å². The summed E-state index contributed by atoms with van der Waals surface area (Å²) in [6, 6.07) is 6.79. The Balaban J connectivity index is 2.01.